The summed E-state index contributed by atoms with van der Waals surface area (Å²) in [4.78, 5) is 38.2. The van der Waals surface area contributed by atoms with Crippen molar-refractivity contribution < 1.29 is 18.7 Å². The van der Waals surface area contributed by atoms with Gasteiger partial charge in [0.15, 0.2) is 12.0 Å². The molecule has 33 heavy (non-hydrogen) atoms. The Labute approximate surface area is 190 Å². The lowest BCUT2D eigenvalue weighted by molar-refractivity contribution is -0.146. The van der Waals surface area contributed by atoms with Crippen LogP contribution in [-0.4, -0.2) is 36.4 Å². The van der Waals surface area contributed by atoms with E-state index in [0.717, 1.165) is 0 Å². The molecule has 0 amide bonds. The fourth-order valence-electron chi connectivity index (χ4n) is 4.24. The summed E-state index contributed by atoms with van der Waals surface area (Å²) in [5, 5.41) is 0.418. The van der Waals surface area contributed by atoms with Gasteiger partial charge in [-0.25, -0.2) is 11.6 Å². The Bertz CT molecular complexity index is 1350. The number of para-hydroxylation sites is 1. The predicted octanol–water partition coefficient (Wildman–Crippen LogP) is 4.21. The van der Waals surface area contributed by atoms with E-state index in [1.54, 1.807) is 38.2 Å². The molecule has 3 heterocycles. The number of benzene rings is 1. The molecule has 0 fully saturated rings. The second-order valence-corrected chi connectivity index (χ2v) is 7.68. The Morgan fingerprint density at radius 2 is 2.09 bits per heavy atom. The Morgan fingerprint density at radius 1 is 1.27 bits per heavy atom. The quantitative estimate of drug-likeness (QED) is 0.320. The molecule has 0 saturated carbocycles. The minimum Gasteiger partial charge on any atom is -0.478 e. The highest BCUT2D eigenvalue weighted by molar-refractivity contribution is 6.06. The molecule has 168 valence electrons. The summed E-state index contributed by atoms with van der Waals surface area (Å²) in [5.41, 5.74) is 2.70. The van der Waals surface area contributed by atoms with Crippen LogP contribution in [0.1, 0.15) is 36.7 Å². The largest absolute Gasteiger partial charge is 0.478 e. The average molecular weight is 445 g/mol. The molecule has 1 aliphatic rings. The Balaban J connectivity index is 1.99. The summed E-state index contributed by atoms with van der Waals surface area (Å²) < 4.78 is 17.3. The van der Waals surface area contributed by atoms with Gasteiger partial charge in [-0.1, -0.05) is 12.1 Å². The van der Waals surface area contributed by atoms with E-state index in [2.05, 4.69) is 14.8 Å². The average Bonchev–Trinajstić information content (AvgIpc) is 2.78. The van der Waals surface area contributed by atoms with Crippen LogP contribution in [0.25, 0.3) is 15.8 Å². The van der Waals surface area contributed by atoms with E-state index in [9.17, 15) is 9.59 Å². The summed E-state index contributed by atoms with van der Waals surface area (Å²) in [7, 11) is 0. The molecule has 4 rings (SSSR count). The number of pyridine rings is 1. The predicted molar refractivity (Wildman–Crippen MR) is 123 cm³/mol. The molecule has 0 spiro atoms. The first-order valence-electron chi connectivity index (χ1n) is 10.7. The van der Waals surface area contributed by atoms with Gasteiger partial charge in [0, 0.05) is 35.0 Å². The first-order valence-corrected chi connectivity index (χ1v) is 10.7. The Kier molecular flexibility index (Phi) is 6.22. The number of esters is 1. The van der Waals surface area contributed by atoms with Gasteiger partial charge in [0.2, 0.25) is 12.4 Å². The van der Waals surface area contributed by atoms with Crippen LogP contribution < -0.4 is 10.2 Å². The Hall–Kier alpha value is -3.99. The monoisotopic (exact) mass is 445 g/mol. The van der Waals surface area contributed by atoms with E-state index < -0.39 is 17.8 Å². The minimum absolute atomic E-state index is 0.0131. The zero-order valence-electron chi connectivity index (χ0n) is 18.6. The zero-order valence-corrected chi connectivity index (χ0v) is 18.6. The molecule has 0 saturated heterocycles. The van der Waals surface area contributed by atoms with Crippen LogP contribution in [0.2, 0.25) is 0 Å². The fourth-order valence-corrected chi connectivity index (χ4v) is 4.24. The van der Waals surface area contributed by atoms with E-state index in [1.165, 1.54) is 6.07 Å². The van der Waals surface area contributed by atoms with Gasteiger partial charge in [0.05, 0.1) is 17.7 Å². The van der Waals surface area contributed by atoms with Gasteiger partial charge in [-0.05, 0) is 32.9 Å². The second kappa shape index (κ2) is 9.25. The van der Waals surface area contributed by atoms with Crippen molar-refractivity contribution in [3.63, 3.8) is 0 Å². The van der Waals surface area contributed by atoms with Crippen molar-refractivity contribution in [3.8, 4) is 5.88 Å². The highest BCUT2D eigenvalue weighted by atomic mass is 16.5. The molecule has 0 bridgehead atoms. The number of hydrogen-bond donors (Lipinski definition) is 0. The third kappa shape index (κ3) is 4.10. The van der Waals surface area contributed by atoms with Gasteiger partial charge in [-0.3, -0.25) is 14.6 Å². The van der Waals surface area contributed by atoms with Gasteiger partial charge in [-0.2, -0.15) is 0 Å². The SMILES string of the molecule is [C-]#[N+]CCOC(=O)C1C(C)=Nc2ccnc(OCC)c2C1c1cccc2c(=O)cc(C)oc12. The minimum atomic E-state index is -0.803. The van der Waals surface area contributed by atoms with Crippen LogP contribution in [0.4, 0.5) is 5.69 Å². The van der Waals surface area contributed by atoms with Crippen LogP contribution in [0, 0.1) is 19.4 Å². The molecule has 0 N–H and O–H groups in total. The van der Waals surface area contributed by atoms with Crippen molar-refractivity contribution in [1.29, 1.82) is 0 Å². The molecule has 2 unspecified atom stereocenters. The molecule has 2 atom stereocenters. The number of aliphatic imine (C=N–C) groups is 1. The second-order valence-electron chi connectivity index (χ2n) is 7.68. The van der Waals surface area contributed by atoms with Crippen molar-refractivity contribution in [3.05, 3.63) is 75.1 Å². The lowest BCUT2D eigenvalue weighted by Crippen LogP contribution is -2.34. The van der Waals surface area contributed by atoms with Crippen LogP contribution in [0.15, 0.2) is 50.7 Å². The van der Waals surface area contributed by atoms with Gasteiger partial charge in [0.25, 0.3) is 0 Å². The van der Waals surface area contributed by atoms with E-state index >= 15 is 0 Å². The normalized spacial score (nSPS) is 17.1. The van der Waals surface area contributed by atoms with E-state index in [0.29, 0.717) is 51.7 Å². The van der Waals surface area contributed by atoms with Gasteiger partial charge in [0.1, 0.15) is 17.3 Å². The number of rotatable bonds is 6. The molecule has 8 heteroatoms. The van der Waals surface area contributed by atoms with Crippen LogP contribution in [0.3, 0.4) is 0 Å². The van der Waals surface area contributed by atoms with Crippen molar-refractivity contribution >= 4 is 28.3 Å². The van der Waals surface area contributed by atoms with Gasteiger partial charge >= 0.3 is 5.97 Å². The third-order valence-electron chi connectivity index (χ3n) is 5.55. The van der Waals surface area contributed by atoms with E-state index in [4.69, 9.17) is 20.5 Å². The summed E-state index contributed by atoms with van der Waals surface area (Å²) in [6, 6.07) is 8.51. The van der Waals surface area contributed by atoms with Crippen molar-refractivity contribution in [2.24, 2.45) is 10.9 Å². The summed E-state index contributed by atoms with van der Waals surface area (Å²) in [6.07, 6.45) is 1.61. The molecular formula is C25H23N3O5. The van der Waals surface area contributed by atoms with Crippen molar-refractivity contribution in [2.75, 3.05) is 19.8 Å². The molecule has 1 aromatic carbocycles. The zero-order chi connectivity index (χ0) is 23.5. The number of nitrogens with zero attached hydrogens (tertiary/aromatic N) is 3. The first-order chi connectivity index (χ1) is 16.0. The van der Waals surface area contributed by atoms with Gasteiger partial charge in [-0.15, -0.1) is 0 Å². The number of aromatic nitrogens is 1. The summed E-state index contributed by atoms with van der Waals surface area (Å²) in [5.74, 6) is -1.09. The van der Waals surface area contributed by atoms with Crippen LogP contribution in [-0.2, 0) is 9.53 Å². The molecule has 8 nitrogen and oxygen atoms in total. The maximum atomic E-state index is 13.3. The maximum absolute atomic E-state index is 13.3. The number of aryl methyl sites for hydroxylation is 1. The fraction of sp³-hybridized carbons (Fsp3) is 0.320. The smallest absolute Gasteiger partial charge is 0.315 e. The summed E-state index contributed by atoms with van der Waals surface area (Å²) >= 11 is 0. The highest BCUT2D eigenvalue weighted by Crippen LogP contribution is 2.47. The molecule has 1 aliphatic heterocycles. The number of fused-ring (bicyclic) bond motifs is 2. The van der Waals surface area contributed by atoms with Crippen LogP contribution in [0.5, 0.6) is 5.88 Å². The molecule has 0 aliphatic carbocycles. The molecule has 2 aromatic heterocycles. The number of carbonyl (C=O) groups is 1. The molecule has 3 aromatic rings. The lowest BCUT2D eigenvalue weighted by Gasteiger charge is -2.32. The molecular weight excluding hydrogens is 422 g/mol. The first kappa shape index (κ1) is 22.2. The number of hydrogen-bond acceptors (Lipinski definition) is 7. The lowest BCUT2D eigenvalue weighted by atomic mass is 9.75. The summed E-state index contributed by atoms with van der Waals surface area (Å²) in [6.45, 7) is 12.7. The maximum Gasteiger partial charge on any atom is 0.315 e. The third-order valence-corrected chi connectivity index (χ3v) is 5.55. The van der Waals surface area contributed by atoms with E-state index in [-0.39, 0.29) is 18.6 Å². The highest BCUT2D eigenvalue weighted by Gasteiger charge is 2.42. The number of carbonyl (C=O) groups excluding carboxylic acids is 1. The molecule has 0 radical (unpaired) electrons. The van der Waals surface area contributed by atoms with Crippen molar-refractivity contribution in [1.82, 2.24) is 4.98 Å². The Morgan fingerprint density at radius 3 is 2.85 bits per heavy atom. The van der Waals surface area contributed by atoms with Crippen LogP contribution >= 0.6 is 0 Å². The number of ether oxygens (including phenoxy) is 2. The van der Waals surface area contributed by atoms with Crippen molar-refractivity contribution in [2.45, 2.75) is 26.7 Å². The standard InChI is InChI=1S/C25H23N3O5/c1-5-31-24-22-18(9-10-27-24)28-15(3)20(25(30)32-12-11-26-4)21(22)17-8-6-7-16-19(29)13-14(2)33-23(16)17/h6-10,13,20-21H,5,11-12H2,1-3H3. The van der Waals surface area contributed by atoms with E-state index in [1.807, 2.05) is 13.0 Å². The topological polar surface area (TPSA) is 95.4 Å². The van der Waals surface area contributed by atoms with Gasteiger partial charge < -0.3 is 18.7 Å².